The van der Waals surface area contributed by atoms with E-state index in [1.54, 1.807) is 4.90 Å². The van der Waals surface area contributed by atoms with Crippen LogP contribution in [0.15, 0.2) is 41.9 Å². The number of aryl methyl sites for hydroxylation is 1. The van der Waals surface area contributed by atoms with E-state index in [2.05, 4.69) is 25.5 Å². The van der Waals surface area contributed by atoms with Gasteiger partial charge in [0.05, 0.1) is 5.36 Å². The lowest BCUT2D eigenvalue weighted by atomic mass is 10.4. The average Bonchev–Trinajstić information content (AvgIpc) is 2.80. The molecule has 100 valence electrons. The fourth-order valence-corrected chi connectivity index (χ4v) is 1.64. The molecule has 1 amide bonds. The molecule has 0 N–H and O–H groups in total. The van der Waals surface area contributed by atoms with Crippen molar-refractivity contribution < 1.29 is 4.79 Å². The van der Waals surface area contributed by atoms with Crippen molar-refractivity contribution in [2.75, 3.05) is 6.54 Å². The molecule has 2 rings (SSSR count). The van der Waals surface area contributed by atoms with Gasteiger partial charge in [-0.25, -0.2) is 4.99 Å². The van der Waals surface area contributed by atoms with E-state index in [9.17, 15) is 4.79 Å². The fourth-order valence-electron chi connectivity index (χ4n) is 1.64. The van der Waals surface area contributed by atoms with Crippen LogP contribution in [-0.2, 0) is 11.8 Å². The molecular weight excluding hydrogens is 240 g/mol. The fraction of sp³-hybridized carbons (Fsp3) is 0.357. The van der Waals surface area contributed by atoms with Crippen LogP contribution in [0.2, 0.25) is 0 Å². The lowest BCUT2D eigenvalue weighted by molar-refractivity contribution is -0.118. The van der Waals surface area contributed by atoms with E-state index in [4.69, 9.17) is 0 Å². The van der Waals surface area contributed by atoms with E-state index < -0.39 is 0 Å². The molecule has 0 fully saturated rings. The highest BCUT2D eigenvalue weighted by Gasteiger charge is 2.18. The van der Waals surface area contributed by atoms with Gasteiger partial charge in [0, 0.05) is 37.9 Å². The van der Waals surface area contributed by atoms with Gasteiger partial charge in [0.25, 0.3) is 5.91 Å². The first-order chi connectivity index (χ1) is 9.04. The van der Waals surface area contributed by atoms with Crippen molar-refractivity contribution in [1.29, 1.82) is 0 Å². The Morgan fingerprint density at radius 1 is 1.32 bits per heavy atom. The Kier molecular flexibility index (Phi) is 4.04. The van der Waals surface area contributed by atoms with E-state index >= 15 is 0 Å². The number of rotatable bonds is 3. The predicted molar refractivity (Wildman–Crippen MR) is 72.0 cm³/mol. The van der Waals surface area contributed by atoms with Gasteiger partial charge in [-0.15, -0.1) is 0 Å². The highest BCUT2D eigenvalue weighted by molar-refractivity contribution is 5.79. The maximum atomic E-state index is 11.8. The summed E-state index contributed by atoms with van der Waals surface area (Å²) < 4.78 is 1.90. The van der Waals surface area contributed by atoms with Crippen LogP contribution in [-0.4, -0.2) is 32.9 Å². The van der Waals surface area contributed by atoms with Crippen LogP contribution in [0.1, 0.15) is 13.8 Å². The molecule has 19 heavy (non-hydrogen) atoms. The number of hydrogen-bond donors (Lipinski definition) is 0. The summed E-state index contributed by atoms with van der Waals surface area (Å²) in [5, 5.41) is 0.673. The first-order valence-electron chi connectivity index (χ1n) is 6.24. The Hall–Kier alpha value is -2.04. The van der Waals surface area contributed by atoms with Gasteiger partial charge in [-0.3, -0.25) is 4.79 Å². The minimum absolute atomic E-state index is 0.184. The predicted octanol–water partition coefficient (Wildman–Crippen LogP) is 0.946. The number of carbonyl (C=O) groups is 1. The molecule has 0 spiro atoms. The van der Waals surface area contributed by atoms with E-state index in [1.807, 2.05) is 53.4 Å². The van der Waals surface area contributed by atoms with Crippen LogP contribution >= 0.6 is 0 Å². The summed E-state index contributed by atoms with van der Waals surface area (Å²) in [4.78, 5) is 19.5. The van der Waals surface area contributed by atoms with Gasteiger partial charge in [0.1, 0.15) is 6.54 Å². The minimum Gasteiger partial charge on any atom is -0.357 e. The molecule has 1 aromatic heterocycles. The molecule has 5 heteroatoms. The normalized spacial score (nSPS) is 14.3. The van der Waals surface area contributed by atoms with E-state index in [-0.39, 0.29) is 12.5 Å². The van der Waals surface area contributed by atoms with Crippen LogP contribution in [0.3, 0.4) is 0 Å². The molecule has 1 aromatic rings. The van der Waals surface area contributed by atoms with Crippen LogP contribution in [0.5, 0.6) is 0 Å². The lowest BCUT2D eigenvalue weighted by Crippen LogP contribution is -2.28. The maximum Gasteiger partial charge on any atom is 0.265 e. The topological polar surface area (TPSA) is 40.8 Å². The summed E-state index contributed by atoms with van der Waals surface area (Å²) in [6.07, 6.45) is 7.46. The monoisotopic (exact) mass is 258 g/mol. The number of hydrogen-bond acceptors (Lipinski definition) is 3. The Morgan fingerprint density at radius 2 is 2.00 bits per heavy atom. The van der Waals surface area contributed by atoms with Gasteiger partial charge in [-0.1, -0.05) is 0 Å². The van der Waals surface area contributed by atoms with Crippen LogP contribution in [0, 0.1) is 6.67 Å². The van der Waals surface area contributed by atoms with E-state index in [1.165, 1.54) is 0 Å². The molecule has 2 heterocycles. The Balaban J connectivity index is 1.94. The number of carbonyl (C=O) groups excluding carboxylic acids is 1. The van der Waals surface area contributed by atoms with Crippen molar-refractivity contribution in [1.82, 2.24) is 14.4 Å². The van der Waals surface area contributed by atoms with Gasteiger partial charge in [-0.05, 0) is 26.0 Å². The molecule has 2 radical (unpaired) electrons. The zero-order valence-electron chi connectivity index (χ0n) is 11.4. The van der Waals surface area contributed by atoms with Crippen LogP contribution in [0.25, 0.3) is 0 Å². The number of amides is 1. The first kappa shape index (κ1) is 13.4. The molecule has 0 aliphatic carbocycles. The first-order valence-corrected chi connectivity index (χ1v) is 6.24. The van der Waals surface area contributed by atoms with Crippen molar-refractivity contribution in [3.63, 3.8) is 0 Å². The summed E-state index contributed by atoms with van der Waals surface area (Å²) >= 11 is 0. The summed E-state index contributed by atoms with van der Waals surface area (Å²) in [5.74, 6) is -0.184. The third-order valence-electron chi connectivity index (χ3n) is 2.73. The molecule has 1 aliphatic rings. The zero-order valence-corrected chi connectivity index (χ0v) is 11.4. The molecule has 0 unspecified atom stereocenters. The molecular formula is C14H18N4O. The van der Waals surface area contributed by atoms with Crippen molar-refractivity contribution in [3.8, 4) is 0 Å². The van der Waals surface area contributed by atoms with Gasteiger partial charge >= 0.3 is 0 Å². The molecule has 0 saturated carbocycles. The average molecular weight is 258 g/mol. The minimum atomic E-state index is -0.184. The Morgan fingerprint density at radius 3 is 2.58 bits per heavy atom. The second kappa shape index (κ2) is 5.73. The standard InChI is InChI=1S/C14H18N4O/c1-12(2)18-9-8-17(11-18)10-14(19)15-13-4-6-16(3)7-5-13/h4-9,12H,10H2,1-3H3. The van der Waals surface area contributed by atoms with Crippen molar-refractivity contribution in [2.45, 2.75) is 19.9 Å². The zero-order chi connectivity index (χ0) is 13.8. The largest absolute Gasteiger partial charge is 0.357 e. The molecule has 0 aromatic carbocycles. The van der Waals surface area contributed by atoms with Gasteiger partial charge in [0.2, 0.25) is 6.67 Å². The lowest BCUT2D eigenvalue weighted by Gasteiger charge is -2.20. The third kappa shape index (κ3) is 3.71. The second-order valence-corrected chi connectivity index (χ2v) is 4.75. The third-order valence-corrected chi connectivity index (χ3v) is 2.73. The summed E-state index contributed by atoms with van der Waals surface area (Å²) in [6, 6.07) is 3.96. The quantitative estimate of drug-likeness (QED) is 0.810. The smallest absolute Gasteiger partial charge is 0.265 e. The van der Waals surface area contributed by atoms with Crippen molar-refractivity contribution in [2.24, 2.45) is 12.0 Å². The molecule has 0 bridgehead atoms. The van der Waals surface area contributed by atoms with Gasteiger partial charge in [0.15, 0.2) is 0 Å². The van der Waals surface area contributed by atoms with Crippen molar-refractivity contribution in [3.05, 3.63) is 49.0 Å². The summed E-state index contributed by atoms with van der Waals surface area (Å²) in [7, 11) is 1.92. The second-order valence-electron chi connectivity index (χ2n) is 4.75. The highest BCUT2D eigenvalue weighted by Crippen LogP contribution is 2.13. The molecule has 0 saturated heterocycles. The van der Waals surface area contributed by atoms with Gasteiger partial charge < -0.3 is 14.4 Å². The van der Waals surface area contributed by atoms with E-state index in [0.29, 0.717) is 11.4 Å². The summed E-state index contributed by atoms with van der Waals surface area (Å²) in [6.45, 7) is 7.43. The highest BCUT2D eigenvalue weighted by atomic mass is 16.1. The Labute approximate surface area is 113 Å². The van der Waals surface area contributed by atoms with E-state index in [0.717, 1.165) is 0 Å². The maximum absolute atomic E-state index is 11.8. The summed E-state index contributed by atoms with van der Waals surface area (Å²) in [5.41, 5.74) is 0. The molecule has 1 aliphatic heterocycles. The molecule has 5 nitrogen and oxygen atoms in total. The van der Waals surface area contributed by atoms with Gasteiger partial charge in [-0.2, -0.15) is 0 Å². The number of pyridine rings is 1. The number of nitrogens with zero attached hydrogens (tertiary/aromatic N) is 4. The van der Waals surface area contributed by atoms with Crippen LogP contribution < -0.4 is 5.36 Å². The Bertz CT molecular complexity index is 524. The van der Waals surface area contributed by atoms with Crippen molar-refractivity contribution >= 4 is 5.91 Å². The van der Waals surface area contributed by atoms with Crippen LogP contribution in [0.4, 0.5) is 0 Å². The number of aromatic nitrogens is 1. The SMILES string of the molecule is CC(C)N1[C]N(CC(=O)N=c2ccn(C)cc2)C=C1. The molecule has 0 atom stereocenters.